The fraction of sp³-hybridized carbons (Fsp3) is 0.688. The predicted octanol–water partition coefficient (Wildman–Crippen LogP) is 0.930. The number of carbonyl (C=O) groups excluding carboxylic acids is 1. The largest absolute Gasteiger partial charge is 0.388 e. The lowest BCUT2D eigenvalue weighted by atomic mass is 10.1. The summed E-state index contributed by atoms with van der Waals surface area (Å²) in [4.78, 5) is 27.4. The van der Waals surface area contributed by atoms with Gasteiger partial charge in [0.1, 0.15) is 12.2 Å². The number of carbonyl (C=O) groups is 1. The van der Waals surface area contributed by atoms with Crippen LogP contribution in [0.4, 0.5) is 10.2 Å². The molecule has 1 aliphatic heterocycles. The number of unbranched alkanes of at least 4 members (excludes halogenated alkanes) is 3. The van der Waals surface area contributed by atoms with Crippen LogP contribution in [0, 0.1) is 5.82 Å². The number of anilines is 1. The maximum absolute atomic E-state index is 14.2. The van der Waals surface area contributed by atoms with Gasteiger partial charge in [0.15, 0.2) is 17.9 Å². The van der Waals surface area contributed by atoms with Crippen molar-refractivity contribution >= 4 is 11.7 Å². The van der Waals surface area contributed by atoms with Crippen LogP contribution < -0.4 is 11.0 Å². The minimum absolute atomic E-state index is 0.221. The fourth-order valence-corrected chi connectivity index (χ4v) is 2.68. The van der Waals surface area contributed by atoms with Gasteiger partial charge in [-0.25, -0.2) is 9.18 Å². The van der Waals surface area contributed by atoms with E-state index >= 15 is 0 Å². The van der Waals surface area contributed by atoms with Crippen molar-refractivity contribution in [2.45, 2.75) is 70.5 Å². The molecule has 4 atom stereocenters. The molecule has 0 spiro atoms. The average molecular weight is 357 g/mol. The van der Waals surface area contributed by atoms with Gasteiger partial charge in [0.25, 0.3) is 0 Å². The second kappa shape index (κ2) is 8.50. The Bertz CT molecular complexity index is 666. The van der Waals surface area contributed by atoms with Crippen LogP contribution in [-0.2, 0) is 9.53 Å². The third-order valence-electron chi connectivity index (χ3n) is 4.17. The van der Waals surface area contributed by atoms with E-state index in [0.717, 1.165) is 30.0 Å². The van der Waals surface area contributed by atoms with Crippen LogP contribution in [-0.4, -0.2) is 44.0 Å². The summed E-state index contributed by atoms with van der Waals surface area (Å²) in [6.07, 6.45) is 0.141. The summed E-state index contributed by atoms with van der Waals surface area (Å²) in [5.41, 5.74) is -0.895. The quantitative estimate of drug-likeness (QED) is 0.626. The van der Waals surface area contributed by atoms with Crippen molar-refractivity contribution in [3.8, 4) is 0 Å². The van der Waals surface area contributed by atoms with E-state index in [9.17, 15) is 24.2 Å². The first kappa shape index (κ1) is 19.5. The number of halogens is 1. The van der Waals surface area contributed by atoms with Gasteiger partial charge in [0.2, 0.25) is 5.91 Å². The molecule has 0 bridgehead atoms. The summed E-state index contributed by atoms with van der Waals surface area (Å²) in [6, 6.07) is 0. The van der Waals surface area contributed by atoms with Gasteiger partial charge in [0.05, 0.1) is 12.3 Å². The van der Waals surface area contributed by atoms with Crippen molar-refractivity contribution in [3.05, 3.63) is 22.5 Å². The van der Waals surface area contributed by atoms with Crippen molar-refractivity contribution in [1.82, 2.24) is 9.55 Å². The molecule has 1 amide bonds. The molecule has 2 unspecified atom stereocenters. The Hall–Kier alpha value is -1.84. The monoisotopic (exact) mass is 357 g/mol. The number of hydrogen-bond acceptors (Lipinski definition) is 6. The van der Waals surface area contributed by atoms with Crippen LogP contribution in [0.1, 0.15) is 52.2 Å². The van der Waals surface area contributed by atoms with Crippen LogP contribution in [0.5, 0.6) is 0 Å². The molecular formula is C16H24FN3O5. The highest BCUT2D eigenvalue weighted by Gasteiger charge is 2.42. The van der Waals surface area contributed by atoms with Crippen LogP contribution in [0.25, 0.3) is 0 Å². The molecule has 25 heavy (non-hydrogen) atoms. The lowest BCUT2D eigenvalue weighted by Crippen LogP contribution is -2.36. The number of amides is 1. The molecule has 0 radical (unpaired) electrons. The minimum atomic E-state index is -1.38. The van der Waals surface area contributed by atoms with Gasteiger partial charge in [-0.05, 0) is 13.3 Å². The third kappa shape index (κ3) is 4.62. The Morgan fingerprint density at radius 2 is 2.08 bits per heavy atom. The number of hydrogen-bond donors (Lipinski definition) is 3. The lowest BCUT2D eigenvalue weighted by Gasteiger charge is -2.17. The van der Waals surface area contributed by atoms with E-state index in [4.69, 9.17) is 4.74 Å². The summed E-state index contributed by atoms with van der Waals surface area (Å²) in [7, 11) is 0. The second-order valence-electron chi connectivity index (χ2n) is 6.20. The highest BCUT2D eigenvalue weighted by molar-refractivity contribution is 5.89. The smallest absolute Gasteiger partial charge is 0.351 e. The fourth-order valence-electron chi connectivity index (χ4n) is 2.68. The molecule has 3 N–H and O–H groups in total. The van der Waals surface area contributed by atoms with Crippen molar-refractivity contribution in [3.63, 3.8) is 0 Å². The number of aliphatic hydroxyl groups excluding tert-OH is 2. The first-order valence-electron chi connectivity index (χ1n) is 8.45. The molecule has 0 aliphatic carbocycles. The first-order valence-corrected chi connectivity index (χ1v) is 8.45. The highest BCUT2D eigenvalue weighted by Crippen LogP contribution is 2.28. The summed E-state index contributed by atoms with van der Waals surface area (Å²) in [5.74, 6) is -1.80. The van der Waals surface area contributed by atoms with Gasteiger partial charge < -0.3 is 20.3 Å². The summed E-state index contributed by atoms with van der Waals surface area (Å²) >= 11 is 0. The van der Waals surface area contributed by atoms with Gasteiger partial charge >= 0.3 is 5.69 Å². The normalized spacial score (nSPS) is 26.0. The molecule has 1 aromatic heterocycles. The predicted molar refractivity (Wildman–Crippen MR) is 87.4 cm³/mol. The Morgan fingerprint density at radius 3 is 2.68 bits per heavy atom. The van der Waals surface area contributed by atoms with Gasteiger partial charge in [-0.15, -0.1) is 0 Å². The maximum Gasteiger partial charge on any atom is 0.351 e. The standard InChI is InChI=1S/C16H24FN3O5/c1-3-4-5-6-7-11(21)18-14-10(17)8-20(16(24)19-14)15-13(23)12(22)9(2)25-15/h8-9,12-13,15,22-23H,3-7H2,1-2H3,(H,18,19,21,24)/t9-,12?,13?,15-/m1/s1. The van der Waals surface area contributed by atoms with E-state index in [0.29, 0.717) is 6.42 Å². The van der Waals surface area contributed by atoms with Gasteiger partial charge in [0, 0.05) is 6.42 Å². The van der Waals surface area contributed by atoms with Gasteiger partial charge in [-0.1, -0.05) is 26.2 Å². The zero-order chi connectivity index (χ0) is 18.6. The third-order valence-corrected chi connectivity index (χ3v) is 4.17. The zero-order valence-corrected chi connectivity index (χ0v) is 14.3. The Labute approximate surface area is 144 Å². The minimum Gasteiger partial charge on any atom is -0.388 e. The second-order valence-corrected chi connectivity index (χ2v) is 6.20. The van der Waals surface area contributed by atoms with E-state index in [1.165, 1.54) is 6.92 Å². The summed E-state index contributed by atoms with van der Waals surface area (Å²) in [5, 5.41) is 21.9. The Morgan fingerprint density at radius 1 is 1.36 bits per heavy atom. The SMILES string of the molecule is CCCCCCC(=O)Nc1nc(=O)n([C@@H]2O[C@H](C)C(O)C2O)cc1F. The molecule has 0 saturated carbocycles. The van der Waals surface area contributed by atoms with Gasteiger partial charge in [-0.3, -0.25) is 9.36 Å². The highest BCUT2D eigenvalue weighted by atomic mass is 19.1. The van der Waals surface area contributed by atoms with Crippen molar-refractivity contribution < 1.29 is 24.1 Å². The Kier molecular flexibility index (Phi) is 6.63. The lowest BCUT2D eigenvalue weighted by molar-refractivity contribution is -0.116. The number of rotatable bonds is 7. The molecule has 140 valence electrons. The van der Waals surface area contributed by atoms with E-state index in [2.05, 4.69) is 17.2 Å². The molecule has 1 aromatic rings. The number of nitrogens with zero attached hydrogens (tertiary/aromatic N) is 2. The molecule has 9 heteroatoms. The summed E-state index contributed by atoms with van der Waals surface area (Å²) < 4.78 is 20.2. The van der Waals surface area contributed by atoms with Crippen molar-refractivity contribution in [2.24, 2.45) is 0 Å². The van der Waals surface area contributed by atoms with Crippen LogP contribution >= 0.6 is 0 Å². The molecule has 0 aromatic carbocycles. The summed E-state index contributed by atoms with van der Waals surface area (Å²) in [6.45, 7) is 3.58. The average Bonchev–Trinajstić information content (AvgIpc) is 2.82. The maximum atomic E-state index is 14.2. The van der Waals surface area contributed by atoms with E-state index in [1.54, 1.807) is 0 Å². The van der Waals surface area contributed by atoms with Crippen LogP contribution in [0.15, 0.2) is 11.0 Å². The van der Waals surface area contributed by atoms with Crippen molar-refractivity contribution in [2.75, 3.05) is 5.32 Å². The number of aliphatic hydroxyl groups is 2. The van der Waals surface area contributed by atoms with E-state index in [-0.39, 0.29) is 6.42 Å². The van der Waals surface area contributed by atoms with Gasteiger partial charge in [-0.2, -0.15) is 4.98 Å². The number of nitrogens with one attached hydrogen (secondary N) is 1. The Balaban J connectivity index is 2.07. The molecule has 1 fully saturated rings. The zero-order valence-electron chi connectivity index (χ0n) is 14.3. The number of ether oxygens (including phenoxy) is 1. The van der Waals surface area contributed by atoms with E-state index < -0.39 is 47.8 Å². The molecule has 8 nitrogen and oxygen atoms in total. The number of aromatic nitrogens is 2. The topological polar surface area (TPSA) is 114 Å². The molecule has 2 heterocycles. The molecular weight excluding hydrogens is 333 g/mol. The van der Waals surface area contributed by atoms with E-state index in [1.807, 2.05) is 0 Å². The molecule has 1 aliphatic rings. The van der Waals surface area contributed by atoms with Crippen LogP contribution in [0.2, 0.25) is 0 Å². The van der Waals surface area contributed by atoms with Crippen molar-refractivity contribution in [1.29, 1.82) is 0 Å². The molecule has 2 rings (SSSR count). The first-order chi connectivity index (χ1) is 11.8. The molecule has 1 saturated heterocycles. The van der Waals surface area contributed by atoms with Crippen LogP contribution in [0.3, 0.4) is 0 Å².